The maximum Gasteiger partial charge on any atom is 0.426 e. The Kier molecular flexibility index (Phi) is 5.29. The molecule has 1 saturated heterocycles. The van der Waals surface area contributed by atoms with E-state index >= 15 is 0 Å². The molecule has 0 bridgehead atoms. The Hall–Kier alpha value is -2.90. The average molecular weight is 320 g/mol. The van der Waals surface area contributed by atoms with Crippen LogP contribution in [0.15, 0.2) is 30.3 Å². The minimum Gasteiger partial charge on any atom is -0.465 e. The Bertz CT molecular complexity index is 616. The summed E-state index contributed by atoms with van der Waals surface area (Å²) in [5, 5.41) is 0.495. The zero-order chi connectivity index (χ0) is 16.8. The second-order valence-corrected chi connectivity index (χ2v) is 4.75. The molecule has 1 unspecified atom stereocenters. The van der Waals surface area contributed by atoms with Gasteiger partial charge in [-0.05, 0) is 12.5 Å². The molecule has 0 saturated carbocycles. The predicted molar refractivity (Wildman–Crippen MR) is 76.4 cm³/mol. The van der Waals surface area contributed by atoms with Crippen LogP contribution in [0.1, 0.15) is 18.9 Å². The molecule has 1 aromatic rings. The first-order valence-corrected chi connectivity index (χ1v) is 7.03. The molecule has 1 aliphatic heterocycles. The molecule has 0 aromatic heterocycles. The third-order valence-electron chi connectivity index (χ3n) is 3.13. The summed E-state index contributed by atoms with van der Waals surface area (Å²) in [5.74, 6) is -3.53. The van der Waals surface area contributed by atoms with Crippen LogP contribution in [0.4, 0.5) is 4.79 Å². The van der Waals surface area contributed by atoms with Crippen molar-refractivity contribution in [3.63, 3.8) is 0 Å². The lowest BCUT2D eigenvalue weighted by molar-refractivity contribution is -0.153. The van der Waals surface area contributed by atoms with Gasteiger partial charge in [0.05, 0.1) is 13.0 Å². The number of amides is 3. The Morgan fingerprint density at radius 1 is 1.22 bits per heavy atom. The van der Waals surface area contributed by atoms with Crippen LogP contribution in [0.3, 0.4) is 0 Å². The van der Waals surface area contributed by atoms with Gasteiger partial charge in [0.15, 0.2) is 0 Å². The maximum absolute atomic E-state index is 12.0. The van der Waals surface area contributed by atoms with Crippen molar-refractivity contribution in [3.05, 3.63) is 35.9 Å². The summed E-state index contributed by atoms with van der Waals surface area (Å²) in [6, 6.07) is 8.91. The van der Waals surface area contributed by atoms with Crippen LogP contribution in [0.2, 0.25) is 0 Å². The average Bonchev–Trinajstić information content (AvgIpc) is 2.82. The molecular weight excluding hydrogens is 304 g/mol. The standard InChI is InChI=1S/C15H16N2O6/c1-2-22-14(20)11-8-12(18)17(13(11)19)16-15(21)23-9-10-6-4-3-5-7-10/h3-7,11H,2,8-9H2,1H3,(H,16,21). The Morgan fingerprint density at radius 2 is 1.91 bits per heavy atom. The zero-order valence-electron chi connectivity index (χ0n) is 12.5. The second kappa shape index (κ2) is 7.39. The van der Waals surface area contributed by atoms with Gasteiger partial charge in [-0.25, -0.2) is 10.2 Å². The van der Waals surface area contributed by atoms with Crippen LogP contribution in [0, 0.1) is 5.92 Å². The van der Waals surface area contributed by atoms with E-state index in [1.807, 2.05) is 11.5 Å². The van der Waals surface area contributed by atoms with Gasteiger partial charge in [0.2, 0.25) is 5.91 Å². The fourth-order valence-corrected chi connectivity index (χ4v) is 2.02. The molecule has 0 radical (unpaired) electrons. The molecule has 8 nitrogen and oxygen atoms in total. The van der Waals surface area contributed by atoms with Gasteiger partial charge < -0.3 is 9.47 Å². The lowest BCUT2D eigenvalue weighted by atomic mass is 10.1. The van der Waals surface area contributed by atoms with Gasteiger partial charge in [-0.15, -0.1) is 0 Å². The second-order valence-electron chi connectivity index (χ2n) is 4.75. The minimum atomic E-state index is -1.23. The van der Waals surface area contributed by atoms with Crippen molar-refractivity contribution in [2.24, 2.45) is 5.92 Å². The number of ether oxygens (including phenoxy) is 2. The first kappa shape index (κ1) is 16.5. The summed E-state index contributed by atoms with van der Waals surface area (Å²) in [6.07, 6.45) is -1.29. The summed E-state index contributed by atoms with van der Waals surface area (Å²) in [6.45, 7) is 1.68. The molecule has 122 valence electrons. The SMILES string of the molecule is CCOC(=O)C1CC(=O)N(NC(=O)OCc2ccccc2)C1=O. The van der Waals surface area contributed by atoms with Crippen LogP contribution in [-0.2, 0) is 30.5 Å². The van der Waals surface area contributed by atoms with Gasteiger partial charge in [-0.2, -0.15) is 5.01 Å². The number of imide groups is 1. The fourth-order valence-electron chi connectivity index (χ4n) is 2.02. The summed E-state index contributed by atoms with van der Waals surface area (Å²) < 4.78 is 9.64. The van der Waals surface area contributed by atoms with Crippen molar-refractivity contribution in [2.45, 2.75) is 20.0 Å². The van der Waals surface area contributed by atoms with E-state index < -0.39 is 29.8 Å². The number of carbonyl (C=O) groups excluding carboxylic acids is 4. The zero-order valence-corrected chi connectivity index (χ0v) is 12.5. The van der Waals surface area contributed by atoms with E-state index in [9.17, 15) is 19.2 Å². The Labute approximate surface area is 132 Å². The number of nitrogens with one attached hydrogen (secondary N) is 1. The third-order valence-corrected chi connectivity index (χ3v) is 3.13. The van der Waals surface area contributed by atoms with Crippen LogP contribution in [0.25, 0.3) is 0 Å². The van der Waals surface area contributed by atoms with Crippen LogP contribution >= 0.6 is 0 Å². The number of benzene rings is 1. The molecular formula is C15H16N2O6. The lowest BCUT2D eigenvalue weighted by Gasteiger charge is -2.15. The van der Waals surface area contributed by atoms with E-state index in [0.717, 1.165) is 5.56 Å². The van der Waals surface area contributed by atoms with Crippen molar-refractivity contribution in [1.82, 2.24) is 10.4 Å². The first-order valence-electron chi connectivity index (χ1n) is 7.03. The van der Waals surface area contributed by atoms with E-state index in [-0.39, 0.29) is 19.6 Å². The van der Waals surface area contributed by atoms with E-state index in [0.29, 0.717) is 5.01 Å². The monoisotopic (exact) mass is 320 g/mol. The number of hydrogen-bond acceptors (Lipinski definition) is 6. The number of rotatable bonds is 5. The van der Waals surface area contributed by atoms with E-state index in [4.69, 9.17) is 9.47 Å². The molecule has 2 rings (SSSR count). The highest BCUT2D eigenvalue weighted by atomic mass is 16.6. The number of nitrogens with zero attached hydrogens (tertiary/aromatic N) is 1. The first-order chi connectivity index (χ1) is 11.0. The fraction of sp³-hybridized carbons (Fsp3) is 0.333. The van der Waals surface area contributed by atoms with Gasteiger partial charge in [-0.1, -0.05) is 30.3 Å². The molecule has 23 heavy (non-hydrogen) atoms. The minimum absolute atomic E-state index is 0.00972. The summed E-state index contributed by atoms with van der Waals surface area (Å²) in [4.78, 5) is 47.0. The van der Waals surface area contributed by atoms with Crippen molar-refractivity contribution in [3.8, 4) is 0 Å². The van der Waals surface area contributed by atoms with E-state index in [2.05, 4.69) is 0 Å². The normalized spacial score (nSPS) is 17.1. The number of carbonyl (C=O) groups is 4. The molecule has 1 atom stereocenters. The largest absolute Gasteiger partial charge is 0.465 e. The molecule has 1 aliphatic rings. The van der Waals surface area contributed by atoms with E-state index in [1.165, 1.54) is 0 Å². The molecule has 8 heteroatoms. The van der Waals surface area contributed by atoms with Gasteiger partial charge in [-0.3, -0.25) is 14.4 Å². The van der Waals surface area contributed by atoms with Crippen molar-refractivity contribution >= 4 is 23.9 Å². The third kappa shape index (κ3) is 4.06. The summed E-state index contributed by atoms with van der Waals surface area (Å²) >= 11 is 0. The highest BCUT2D eigenvalue weighted by Crippen LogP contribution is 2.19. The Balaban J connectivity index is 1.89. The van der Waals surface area contributed by atoms with E-state index in [1.54, 1.807) is 31.2 Å². The molecule has 1 fully saturated rings. The van der Waals surface area contributed by atoms with Gasteiger partial charge in [0.1, 0.15) is 12.5 Å². The van der Waals surface area contributed by atoms with Crippen LogP contribution in [0.5, 0.6) is 0 Å². The Morgan fingerprint density at radius 3 is 2.57 bits per heavy atom. The molecule has 1 N–H and O–H groups in total. The van der Waals surface area contributed by atoms with Crippen molar-refractivity contribution in [1.29, 1.82) is 0 Å². The molecule has 0 aliphatic carbocycles. The number of esters is 1. The highest BCUT2D eigenvalue weighted by Gasteiger charge is 2.45. The molecule has 1 heterocycles. The molecule has 0 spiro atoms. The number of hydrogen-bond donors (Lipinski definition) is 1. The summed E-state index contributed by atoms with van der Waals surface area (Å²) in [7, 11) is 0. The van der Waals surface area contributed by atoms with Gasteiger partial charge >= 0.3 is 12.1 Å². The predicted octanol–water partition coefficient (Wildman–Crippen LogP) is 0.766. The van der Waals surface area contributed by atoms with Crippen molar-refractivity contribution in [2.75, 3.05) is 6.61 Å². The topological polar surface area (TPSA) is 102 Å². The smallest absolute Gasteiger partial charge is 0.426 e. The summed E-state index contributed by atoms with van der Waals surface area (Å²) in [5.41, 5.74) is 2.80. The maximum atomic E-state index is 12.0. The van der Waals surface area contributed by atoms with Crippen LogP contribution < -0.4 is 5.43 Å². The highest BCUT2D eigenvalue weighted by molar-refractivity contribution is 6.12. The van der Waals surface area contributed by atoms with Crippen molar-refractivity contribution < 1.29 is 28.7 Å². The van der Waals surface area contributed by atoms with Gasteiger partial charge in [0, 0.05) is 0 Å². The number of hydrazine groups is 1. The van der Waals surface area contributed by atoms with Gasteiger partial charge in [0.25, 0.3) is 5.91 Å². The quantitative estimate of drug-likeness (QED) is 0.488. The van der Waals surface area contributed by atoms with Crippen LogP contribution in [-0.4, -0.2) is 35.5 Å². The lowest BCUT2D eigenvalue weighted by Crippen LogP contribution is -2.47. The molecule has 3 amide bonds. The molecule has 1 aromatic carbocycles.